The molecular weight excluding hydrogens is 381 g/mol. The van der Waals surface area contributed by atoms with Crippen molar-refractivity contribution < 1.29 is 18.0 Å². The van der Waals surface area contributed by atoms with Crippen LogP contribution in [-0.4, -0.2) is 16.0 Å². The Morgan fingerprint density at radius 3 is 2.41 bits per heavy atom. The van der Waals surface area contributed by atoms with Gasteiger partial charge in [0.25, 0.3) is 0 Å². The van der Waals surface area contributed by atoms with Gasteiger partial charge in [-0.1, -0.05) is 31.2 Å². The molecule has 0 saturated heterocycles. The quantitative estimate of drug-likeness (QED) is 0.636. The lowest BCUT2D eigenvalue weighted by Gasteiger charge is -2.22. The molecule has 2 aromatic heterocycles. The fourth-order valence-electron chi connectivity index (χ4n) is 2.88. The SMILES string of the molecule is CCc1ccc([C@H](NC(=O)Nc2cccnc2)c2ncccc2C(F)(F)F)cc1. The molecule has 2 heterocycles. The highest BCUT2D eigenvalue weighted by Crippen LogP contribution is 2.35. The topological polar surface area (TPSA) is 66.9 Å². The Kier molecular flexibility index (Phi) is 6.11. The Bertz CT molecular complexity index is 960. The summed E-state index contributed by atoms with van der Waals surface area (Å²) in [6.07, 6.45) is 0.444. The van der Waals surface area contributed by atoms with Crippen molar-refractivity contribution in [3.05, 3.63) is 89.5 Å². The Morgan fingerprint density at radius 2 is 1.79 bits per heavy atom. The van der Waals surface area contributed by atoms with Gasteiger partial charge in [0.1, 0.15) is 0 Å². The highest BCUT2D eigenvalue weighted by atomic mass is 19.4. The highest BCUT2D eigenvalue weighted by Gasteiger charge is 2.37. The Balaban J connectivity index is 1.97. The minimum Gasteiger partial charge on any atom is -0.325 e. The average Bonchev–Trinajstić information content (AvgIpc) is 2.72. The van der Waals surface area contributed by atoms with E-state index in [4.69, 9.17) is 0 Å². The third-order valence-corrected chi connectivity index (χ3v) is 4.33. The molecule has 2 N–H and O–H groups in total. The number of alkyl halides is 3. The molecule has 0 aliphatic carbocycles. The molecule has 1 atom stereocenters. The lowest BCUT2D eigenvalue weighted by Crippen LogP contribution is -2.35. The van der Waals surface area contributed by atoms with Gasteiger partial charge in [-0.2, -0.15) is 13.2 Å². The first-order chi connectivity index (χ1) is 13.9. The number of aryl methyl sites for hydroxylation is 1. The van der Waals surface area contributed by atoms with E-state index in [2.05, 4.69) is 20.6 Å². The van der Waals surface area contributed by atoms with Crippen molar-refractivity contribution in [3.8, 4) is 0 Å². The van der Waals surface area contributed by atoms with E-state index in [0.717, 1.165) is 18.1 Å². The molecule has 0 radical (unpaired) electrons. The van der Waals surface area contributed by atoms with Gasteiger partial charge in [0.15, 0.2) is 0 Å². The van der Waals surface area contributed by atoms with Gasteiger partial charge in [-0.25, -0.2) is 4.79 Å². The number of hydrogen-bond acceptors (Lipinski definition) is 3. The number of carbonyl (C=O) groups excluding carboxylic acids is 1. The molecule has 1 aromatic carbocycles. The average molecular weight is 400 g/mol. The van der Waals surface area contributed by atoms with Gasteiger partial charge >= 0.3 is 12.2 Å². The molecule has 3 rings (SSSR count). The number of nitrogens with zero attached hydrogens (tertiary/aromatic N) is 2. The van der Waals surface area contributed by atoms with Crippen molar-refractivity contribution in [2.24, 2.45) is 0 Å². The van der Waals surface area contributed by atoms with E-state index < -0.39 is 23.8 Å². The smallest absolute Gasteiger partial charge is 0.325 e. The van der Waals surface area contributed by atoms with E-state index in [1.165, 1.54) is 18.5 Å². The molecule has 0 bridgehead atoms. The van der Waals surface area contributed by atoms with E-state index >= 15 is 0 Å². The number of urea groups is 1. The fraction of sp³-hybridized carbons (Fsp3) is 0.190. The van der Waals surface area contributed by atoms with E-state index in [1.807, 2.05) is 19.1 Å². The molecule has 3 aromatic rings. The summed E-state index contributed by atoms with van der Waals surface area (Å²) in [5.74, 6) is 0. The second-order valence-corrected chi connectivity index (χ2v) is 6.30. The molecule has 8 heteroatoms. The number of amides is 2. The van der Waals surface area contributed by atoms with E-state index in [9.17, 15) is 18.0 Å². The number of rotatable bonds is 5. The van der Waals surface area contributed by atoms with Crippen LogP contribution >= 0.6 is 0 Å². The molecule has 0 aliphatic rings. The summed E-state index contributed by atoms with van der Waals surface area (Å²) in [6.45, 7) is 1.98. The van der Waals surface area contributed by atoms with Crippen molar-refractivity contribution >= 4 is 11.7 Å². The normalized spacial score (nSPS) is 12.3. The third-order valence-electron chi connectivity index (χ3n) is 4.33. The molecule has 2 amide bonds. The molecule has 0 fully saturated rings. The first-order valence-corrected chi connectivity index (χ1v) is 8.97. The monoisotopic (exact) mass is 400 g/mol. The zero-order valence-electron chi connectivity index (χ0n) is 15.6. The number of aromatic nitrogens is 2. The summed E-state index contributed by atoms with van der Waals surface area (Å²) < 4.78 is 40.7. The molecule has 29 heavy (non-hydrogen) atoms. The maximum absolute atomic E-state index is 13.6. The molecule has 5 nitrogen and oxygen atoms in total. The van der Waals surface area contributed by atoms with E-state index in [0.29, 0.717) is 11.3 Å². The summed E-state index contributed by atoms with van der Waals surface area (Å²) in [5.41, 5.74) is 0.774. The summed E-state index contributed by atoms with van der Waals surface area (Å²) in [4.78, 5) is 20.3. The molecule has 0 saturated carbocycles. The molecule has 0 aliphatic heterocycles. The number of carbonyl (C=O) groups is 1. The standard InChI is InChI=1S/C21H19F3N4O/c1-2-14-7-9-15(10-8-14)18(19-17(21(22,23)24)6-4-12-26-19)28-20(29)27-16-5-3-11-25-13-16/h3-13,18H,2H2,1H3,(H2,27,28,29)/t18-/m0/s1. The van der Waals surface area contributed by atoms with Gasteiger partial charge < -0.3 is 10.6 Å². The fourth-order valence-corrected chi connectivity index (χ4v) is 2.88. The van der Waals surface area contributed by atoms with Gasteiger partial charge in [0.05, 0.1) is 29.2 Å². The maximum atomic E-state index is 13.6. The van der Waals surface area contributed by atoms with Crippen LogP contribution in [-0.2, 0) is 12.6 Å². The second kappa shape index (κ2) is 8.72. The molecule has 0 unspecified atom stereocenters. The zero-order valence-corrected chi connectivity index (χ0v) is 15.6. The van der Waals surface area contributed by atoms with Crippen LogP contribution in [0.1, 0.15) is 35.3 Å². The number of hydrogen-bond donors (Lipinski definition) is 2. The van der Waals surface area contributed by atoms with Crippen LogP contribution in [0.4, 0.5) is 23.7 Å². The molecule has 150 valence electrons. The van der Waals surface area contributed by atoms with Crippen molar-refractivity contribution in [3.63, 3.8) is 0 Å². The molecular formula is C21H19F3N4O. The van der Waals surface area contributed by atoms with Gasteiger partial charge in [-0.3, -0.25) is 9.97 Å². The van der Waals surface area contributed by atoms with Crippen LogP contribution in [0.15, 0.2) is 67.1 Å². The second-order valence-electron chi connectivity index (χ2n) is 6.30. The zero-order chi connectivity index (χ0) is 20.9. The van der Waals surface area contributed by atoms with E-state index in [1.54, 1.807) is 30.5 Å². The molecule has 0 spiro atoms. The number of pyridine rings is 2. The van der Waals surface area contributed by atoms with Crippen molar-refractivity contribution in [2.45, 2.75) is 25.6 Å². The summed E-state index contributed by atoms with van der Waals surface area (Å²) in [6, 6.07) is 10.7. The van der Waals surface area contributed by atoms with Crippen LogP contribution in [0.3, 0.4) is 0 Å². The highest BCUT2D eigenvalue weighted by molar-refractivity contribution is 5.89. The minimum atomic E-state index is -4.60. The largest absolute Gasteiger partial charge is 0.418 e. The van der Waals surface area contributed by atoms with Crippen molar-refractivity contribution in [2.75, 3.05) is 5.32 Å². The third kappa shape index (κ3) is 5.10. The maximum Gasteiger partial charge on any atom is 0.418 e. The predicted molar refractivity (Wildman–Crippen MR) is 103 cm³/mol. The minimum absolute atomic E-state index is 0.273. The first kappa shape index (κ1) is 20.3. The van der Waals surface area contributed by atoms with Crippen LogP contribution in [0.5, 0.6) is 0 Å². The Morgan fingerprint density at radius 1 is 1.07 bits per heavy atom. The Hall–Kier alpha value is -3.42. The summed E-state index contributed by atoms with van der Waals surface area (Å²) in [7, 11) is 0. The van der Waals surface area contributed by atoms with Crippen molar-refractivity contribution in [1.82, 2.24) is 15.3 Å². The number of halogens is 3. The lowest BCUT2D eigenvalue weighted by molar-refractivity contribution is -0.138. The van der Waals surface area contributed by atoms with Gasteiger partial charge in [-0.15, -0.1) is 0 Å². The lowest BCUT2D eigenvalue weighted by atomic mass is 9.97. The first-order valence-electron chi connectivity index (χ1n) is 8.97. The van der Waals surface area contributed by atoms with Crippen LogP contribution < -0.4 is 10.6 Å². The van der Waals surface area contributed by atoms with Gasteiger partial charge in [0, 0.05) is 12.4 Å². The van der Waals surface area contributed by atoms with Gasteiger partial charge in [-0.05, 0) is 41.8 Å². The predicted octanol–water partition coefficient (Wildman–Crippen LogP) is 4.97. The number of nitrogens with one attached hydrogen (secondary N) is 2. The van der Waals surface area contributed by atoms with Crippen LogP contribution in [0, 0.1) is 0 Å². The number of anilines is 1. The van der Waals surface area contributed by atoms with Crippen molar-refractivity contribution in [1.29, 1.82) is 0 Å². The number of benzene rings is 1. The van der Waals surface area contributed by atoms with Gasteiger partial charge in [0.2, 0.25) is 0 Å². The van der Waals surface area contributed by atoms with Crippen LogP contribution in [0.25, 0.3) is 0 Å². The van der Waals surface area contributed by atoms with E-state index in [-0.39, 0.29) is 5.69 Å². The van der Waals surface area contributed by atoms with Crippen LogP contribution in [0.2, 0.25) is 0 Å². The summed E-state index contributed by atoms with van der Waals surface area (Å²) in [5, 5.41) is 5.18. The summed E-state index contributed by atoms with van der Waals surface area (Å²) >= 11 is 0. The Labute approximate surface area is 166 Å².